The molecule has 0 fully saturated rings. The molecule has 1 aromatic carbocycles. The van der Waals surface area contributed by atoms with Crippen LogP contribution in [0, 0.1) is 5.82 Å². The summed E-state index contributed by atoms with van der Waals surface area (Å²) in [6, 6.07) is 9.39. The van der Waals surface area contributed by atoms with E-state index >= 15 is 0 Å². The Morgan fingerprint density at radius 2 is 1.88 bits per heavy atom. The predicted molar refractivity (Wildman–Crippen MR) is 64.3 cm³/mol. The van der Waals surface area contributed by atoms with E-state index in [1.807, 2.05) is 0 Å². The molecule has 4 heteroatoms. The Morgan fingerprint density at radius 1 is 1.18 bits per heavy atom. The second kappa shape index (κ2) is 5.25. The van der Waals surface area contributed by atoms with Crippen molar-refractivity contribution in [3.63, 3.8) is 0 Å². The zero-order valence-electron chi connectivity index (χ0n) is 8.98. The van der Waals surface area contributed by atoms with Gasteiger partial charge < -0.3 is 5.11 Å². The van der Waals surface area contributed by atoms with Crippen molar-refractivity contribution in [2.24, 2.45) is 0 Å². The Labute approximate surface area is 104 Å². The molecule has 1 N–H and O–H groups in total. The Morgan fingerprint density at radius 3 is 2.47 bits per heavy atom. The molecule has 0 spiro atoms. The van der Waals surface area contributed by atoms with Crippen LogP contribution in [0.15, 0.2) is 42.6 Å². The SMILES string of the molecule is OC(Cc1ccc(F)cc1)c1ccc(Cl)cn1. The lowest BCUT2D eigenvalue weighted by Gasteiger charge is -2.10. The third-order valence-electron chi connectivity index (χ3n) is 2.43. The first-order valence-corrected chi connectivity index (χ1v) is 5.57. The highest BCUT2D eigenvalue weighted by Gasteiger charge is 2.09. The van der Waals surface area contributed by atoms with Crippen LogP contribution in [-0.2, 0) is 6.42 Å². The Kier molecular flexibility index (Phi) is 3.71. The highest BCUT2D eigenvalue weighted by molar-refractivity contribution is 6.30. The maximum absolute atomic E-state index is 12.7. The van der Waals surface area contributed by atoms with Crippen LogP contribution < -0.4 is 0 Å². The number of aromatic nitrogens is 1. The molecule has 2 rings (SSSR count). The van der Waals surface area contributed by atoms with E-state index in [2.05, 4.69) is 4.98 Å². The molecule has 0 aliphatic rings. The van der Waals surface area contributed by atoms with Crippen molar-refractivity contribution in [3.8, 4) is 0 Å². The molecule has 2 nitrogen and oxygen atoms in total. The molecule has 1 unspecified atom stereocenters. The second-order valence-corrected chi connectivity index (χ2v) is 4.18. The molecule has 1 atom stereocenters. The molecular formula is C13H11ClFNO. The number of hydrogen-bond donors (Lipinski definition) is 1. The lowest BCUT2D eigenvalue weighted by atomic mass is 10.1. The maximum Gasteiger partial charge on any atom is 0.123 e. The standard InChI is InChI=1S/C13H11ClFNO/c14-10-3-6-12(16-8-10)13(17)7-9-1-4-11(15)5-2-9/h1-6,8,13,17H,7H2. The molecule has 0 radical (unpaired) electrons. The fraction of sp³-hybridized carbons (Fsp3) is 0.154. The van der Waals surface area contributed by atoms with Gasteiger partial charge in [-0.15, -0.1) is 0 Å². The van der Waals surface area contributed by atoms with Gasteiger partial charge in [0.15, 0.2) is 0 Å². The van der Waals surface area contributed by atoms with E-state index in [0.29, 0.717) is 17.1 Å². The highest BCUT2D eigenvalue weighted by atomic mass is 35.5. The third-order valence-corrected chi connectivity index (χ3v) is 2.66. The molecule has 1 aromatic heterocycles. The molecule has 17 heavy (non-hydrogen) atoms. The quantitative estimate of drug-likeness (QED) is 0.909. The minimum atomic E-state index is -0.710. The van der Waals surface area contributed by atoms with E-state index in [4.69, 9.17) is 11.6 Å². The van der Waals surface area contributed by atoms with E-state index in [0.717, 1.165) is 5.56 Å². The number of halogens is 2. The van der Waals surface area contributed by atoms with Crippen molar-refractivity contribution in [2.45, 2.75) is 12.5 Å². The maximum atomic E-state index is 12.7. The van der Waals surface area contributed by atoms with Gasteiger partial charge in [0.05, 0.1) is 16.8 Å². The number of pyridine rings is 1. The summed E-state index contributed by atoms with van der Waals surface area (Å²) in [6.45, 7) is 0. The number of nitrogens with zero attached hydrogens (tertiary/aromatic N) is 1. The minimum Gasteiger partial charge on any atom is -0.386 e. The van der Waals surface area contributed by atoms with E-state index in [9.17, 15) is 9.50 Å². The van der Waals surface area contributed by atoms with Crippen molar-refractivity contribution in [1.29, 1.82) is 0 Å². The average molecular weight is 252 g/mol. The van der Waals surface area contributed by atoms with Crippen molar-refractivity contribution < 1.29 is 9.50 Å². The number of aliphatic hydroxyl groups excluding tert-OH is 1. The molecule has 0 bridgehead atoms. The van der Waals surface area contributed by atoms with Gasteiger partial charge in [0.2, 0.25) is 0 Å². The average Bonchev–Trinajstić information content (AvgIpc) is 2.33. The summed E-state index contributed by atoms with van der Waals surface area (Å²) in [5, 5.41) is 10.5. The van der Waals surface area contributed by atoms with Gasteiger partial charge >= 0.3 is 0 Å². The molecule has 0 saturated carbocycles. The van der Waals surface area contributed by atoms with Gasteiger partial charge in [-0.25, -0.2) is 4.39 Å². The van der Waals surface area contributed by atoms with Crippen molar-refractivity contribution >= 4 is 11.6 Å². The largest absolute Gasteiger partial charge is 0.386 e. The summed E-state index contributed by atoms with van der Waals surface area (Å²) in [7, 11) is 0. The van der Waals surface area contributed by atoms with Crippen LogP contribution in [0.5, 0.6) is 0 Å². The summed E-state index contributed by atoms with van der Waals surface area (Å²) >= 11 is 5.71. The zero-order chi connectivity index (χ0) is 12.3. The third kappa shape index (κ3) is 3.25. The second-order valence-electron chi connectivity index (χ2n) is 3.75. The van der Waals surface area contributed by atoms with E-state index < -0.39 is 6.10 Å². The van der Waals surface area contributed by atoms with Gasteiger partial charge in [-0.1, -0.05) is 23.7 Å². The number of rotatable bonds is 3. The fourth-order valence-corrected chi connectivity index (χ4v) is 1.64. The molecule has 0 aliphatic carbocycles. The summed E-state index contributed by atoms with van der Waals surface area (Å²) in [6.07, 6.45) is 1.18. The summed E-state index contributed by atoms with van der Waals surface area (Å²) < 4.78 is 12.7. The molecule has 2 aromatic rings. The van der Waals surface area contributed by atoms with Crippen LogP contribution in [0.25, 0.3) is 0 Å². The molecule has 88 valence electrons. The predicted octanol–water partition coefficient (Wildman–Crippen LogP) is 3.15. The van der Waals surface area contributed by atoms with E-state index in [1.165, 1.54) is 18.3 Å². The van der Waals surface area contributed by atoms with Gasteiger partial charge in [-0.05, 0) is 29.8 Å². The number of hydrogen-bond acceptors (Lipinski definition) is 2. The molecule has 0 amide bonds. The van der Waals surface area contributed by atoms with Gasteiger partial charge in [-0.3, -0.25) is 4.98 Å². The van der Waals surface area contributed by atoms with E-state index in [1.54, 1.807) is 24.3 Å². The summed E-state index contributed by atoms with van der Waals surface area (Å²) in [5.74, 6) is -0.284. The first-order valence-electron chi connectivity index (χ1n) is 5.19. The molecular weight excluding hydrogens is 241 g/mol. The van der Waals surface area contributed by atoms with Gasteiger partial charge in [0.1, 0.15) is 5.82 Å². The van der Waals surface area contributed by atoms with Crippen molar-refractivity contribution in [2.75, 3.05) is 0 Å². The highest BCUT2D eigenvalue weighted by Crippen LogP contribution is 2.18. The number of aliphatic hydroxyl groups is 1. The molecule has 0 aliphatic heterocycles. The van der Waals surface area contributed by atoms with Crippen LogP contribution in [-0.4, -0.2) is 10.1 Å². The lowest BCUT2D eigenvalue weighted by Crippen LogP contribution is -2.03. The first kappa shape index (κ1) is 12.0. The summed E-state index contributed by atoms with van der Waals surface area (Å²) in [4.78, 5) is 4.04. The zero-order valence-corrected chi connectivity index (χ0v) is 9.73. The van der Waals surface area contributed by atoms with Gasteiger partial charge in [0, 0.05) is 12.6 Å². The van der Waals surface area contributed by atoms with Gasteiger partial charge in [0.25, 0.3) is 0 Å². The van der Waals surface area contributed by atoms with Crippen molar-refractivity contribution in [1.82, 2.24) is 4.98 Å². The Balaban J connectivity index is 2.08. The van der Waals surface area contributed by atoms with Crippen LogP contribution in [0.1, 0.15) is 17.4 Å². The first-order chi connectivity index (χ1) is 8.15. The number of benzene rings is 1. The topological polar surface area (TPSA) is 33.1 Å². The van der Waals surface area contributed by atoms with Crippen LogP contribution in [0.2, 0.25) is 5.02 Å². The van der Waals surface area contributed by atoms with Crippen LogP contribution in [0.3, 0.4) is 0 Å². The Bertz CT molecular complexity index is 484. The minimum absolute atomic E-state index is 0.284. The van der Waals surface area contributed by atoms with E-state index in [-0.39, 0.29) is 5.82 Å². The van der Waals surface area contributed by atoms with Gasteiger partial charge in [-0.2, -0.15) is 0 Å². The smallest absolute Gasteiger partial charge is 0.123 e. The Hall–Kier alpha value is -1.45. The summed E-state index contributed by atoms with van der Waals surface area (Å²) in [5.41, 5.74) is 1.41. The fourth-order valence-electron chi connectivity index (χ4n) is 1.53. The molecule has 0 saturated heterocycles. The monoisotopic (exact) mass is 251 g/mol. The molecule has 1 heterocycles. The van der Waals surface area contributed by atoms with Crippen LogP contribution >= 0.6 is 11.6 Å². The van der Waals surface area contributed by atoms with Crippen molar-refractivity contribution in [3.05, 3.63) is 64.7 Å². The normalized spacial score (nSPS) is 12.4. The van der Waals surface area contributed by atoms with Crippen LogP contribution in [0.4, 0.5) is 4.39 Å². The lowest BCUT2D eigenvalue weighted by molar-refractivity contribution is 0.173.